The summed E-state index contributed by atoms with van der Waals surface area (Å²) in [5.41, 5.74) is 0.241. The number of hydrogen-bond donors (Lipinski definition) is 2. The second-order valence-corrected chi connectivity index (χ2v) is 5.86. The molecule has 0 aliphatic heterocycles. The zero-order valence-electron chi connectivity index (χ0n) is 13.8. The molecule has 128 valence electrons. The summed E-state index contributed by atoms with van der Waals surface area (Å²) in [4.78, 5) is 27.2. The minimum absolute atomic E-state index is 0.0866. The summed E-state index contributed by atoms with van der Waals surface area (Å²) in [6.45, 7) is 3.65. The van der Waals surface area contributed by atoms with Crippen LogP contribution in [0.4, 0.5) is 11.4 Å². The Balaban J connectivity index is 2.38. The first-order chi connectivity index (χ1) is 11.3. The lowest BCUT2D eigenvalue weighted by molar-refractivity contribution is -0.384. The predicted molar refractivity (Wildman–Crippen MR) is 89.1 cm³/mol. The number of ketones is 1. The lowest BCUT2D eigenvalue weighted by Crippen LogP contribution is -2.29. The van der Waals surface area contributed by atoms with Gasteiger partial charge in [-0.05, 0) is 18.1 Å². The largest absolute Gasteiger partial charge is 0.394 e. The number of rotatable bonds is 7. The molecule has 2 aromatic rings. The predicted octanol–water partition coefficient (Wildman–Crippen LogP) is 1.99. The third kappa shape index (κ3) is 3.60. The van der Waals surface area contributed by atoms with Crippen LogP contribution in [0.3, 0.4) is 0 Å². The van der Waals surface area contributed by atoms with Gasteiger partial charge in [0.15, 0.2) is 5.82 Å². The van der Waals surface area contributed by atoms with Crippen molar-refractivity contribution in [2.45, 2.75) is 19.9 Å². The number of hydrogen-bond acceptors (Lipinski definition) is 6. The molecule has 2 rings (SSSR count). The van der Waals surface area contributed by atoms with Gasteiger partial charge in [0.25, 0.3) is 5.69 Å². The van der Waals surface area contributed by atoms with Crippen LogP contribution in [0.1, 0.15) is 30.0 Å². The summed E-state index contributed by atoms with van der Waals surface area (Å²) in [5.74, 6) is -0.0939. The van der Waals surface area contributed by atoms with Gasteiger partial charge in [-0.15, -0.1) is 0 Å². The maximum Gasteiger partial charge on any atom is 0.293 e. The van der Waals surface area contributed by atoms with Gasteiger partial charge in [0.2, 0.25) is 5.78 Å². The average molecular weight is 332 g/mol. The summed E-state index contributed by atoms with van der Waals surface area (Å²) in [5, 5.41) is 23.7. The average Bonchev–Trinajstić information content (AvgIpc) is 2.97. The number of aryl methyl sites for hydroxylation is 1. The molecule has 8 heteroatoms. The van der Waals surface area contributed by atoms with E-state index in [0.29, 0.717) is 0 Å². The summed E-state index contributed by atoms with van der Waals surface area (Å²) < 4.78 is 1.56. The van der Waals surface area contributed by atoms with Crippen molar-refractivity contribution >= 4 is 17.2 Å². The van der Waals surface area contributed by atoms with Crippen LogP contribution in [-0.2, 0) is 7.05 Å². The number of nitro benzene ring substituents is 1. The SMILES string of the molecule is CC(C)[C@@H](CO)Nc1ccc(C(=O)c2nccn2C)cc1[N+](=O)[O-]. The summed E-state index contributed by atoms with van der Waals surface area (Å²) in [7, 11) is 1.68. The highest BCUT2D eigenvalue weighted by Crippen LogP contribution is 2.28. The van der Waals surface area contributed by atoms with Crippen molar-refractivity contribution < 1.29 is 14.8 Å². The Labute approximate surface area is 139 Å². The molecule has 8 nitrogen and oxygen atoms in total. The van der Waals surface area contributed by atoms with Crippen LogP contribution in [0.25, 0.3) is 0 Å². The van der Waals surface area contributed by atoms with Gasteiger partial charge in [-0.1, -0.05) is 13.8 Å². The first-order valence-corrected chi connectivity index (χ1v) is 7.53. The maximum absolute atomic E-state index is 12.4. The Morgan fingerprint density at radius 1 is 1.46 bits per heavy atom. The van der Waals surface area contributed by atoms with Crippen molar-refractivity contribution in [2.75, 3.05) is 11.9 Å². The minimum atomic E-state index is -0.549. The number of nitrogens with zero attached hydrogens (tertiary/aromatic N) is 3. The van der Waals surface area contributed by atoms with E-state index in [-0.39, 0.29) is 47.1 Å². The highest BCUT2D eigenvalue weighted by molar-refractivity contribution is 6.07. The van der Waals surface area contributed by atoms with E-state index < -0.39 is 4.92 Å². The zero-order chi connectivity index (χ0) is 17.9. The molecule has 0 fully saturated rings. The number of anilines is 1. The molecule has 0 spiro atoms. The molecule has 0 aliphatic carbocycles. The Morgan fingerprint density at radius 3 is 2.67 bits per heavy atom. The molecular weight excluding hydrogens is 312 g/mol. The van der Waals surface area contributed by atoms with Crippen LogP contribution < -0.4 is 5.32 Å². The van der Waals surface area contributed by atoms with E-state index in [0.717, 1.165) is 0 Å². The van der Waals surface area contributed by atoms with Crippen molar-refractivity contribution in [2.24, 2.45) is 13.0 Å². The number of nitrogens with one attached hydrogen (secondary N) is 1. The van der Waals surface area contributed by atoms with Crippen molar-refractivity contribution in [3.8, 4) is 0 Å². The van der Waals surface area contributed by atoms with Gasteiger partial charge in [-0.3, -0.25) is 14.9 Å². The third-order valence-electron chi connectivity index (χ3n) is 3.82. The first-order valence-electron chi connectivity index (χ1n) is 7.53. The molecule has 1 aromatic carbocycles. The topological polar surface area (TPSA) is 110 Å². The fraction of sp³-hybridized carbons (Fsp3) is 0.375. The zero-order valence-corrected chi connectivity index (χ0v) is 13.8. The maximum atomic E-state index is 12.4. The van der Waals surface area contributed by atoms with Gasteiger partial charge < -0.3 is 15.0 Å². The van der Waals surface area contributed by atoms with Crippen molar-refractivity contribution in [1.82, 2.24) is 9.55 Å². The van der Waals surface area contributed by atoms with E-state index in [1.165, 1.54) is 24.4 Å². The van der Waals surface area contributed by atoms with Crippen LogP contribution in [0, 0.1) is 16.0 Å². The normalized spacial score (nSPS) is 12.2. The van der Waals surface area contributed by atoms with Gasteiger partial charge in [0, 0.05) is 31.1 Å². The molecule has 1 atom stereocenters. The molecule has 0 saturated heterocycles. The number of aliphatic hydroxyl groups is 1. The second kappa shape index (κ2) is 7.22. The summed E-state index contributed by atoms with van der Waals surface area (Å²) in [6.07, 6.45) is 3.12. The monoisotopic (exact) mass is 332 g/mol. The Hall–Kier alpha value is -2.74. The lowest BCUT2D eigenvalue weighted by Gasteiger charge is -2.21. The molecule has 0 radical (unpaired) electrons. The number of imidazole rings is 1. The van der Waals surface area contributed by atoms with Crippen molar-refractivity contribution in [3.05, 3.63) is 52.1 Å². The van der Waals surface area contributed by atoms with Gasteiger partial charge in [-0.25, -0.2) is 4.98 Å². The molecule has 0 aliphatic rings. The van der Waals surface area contributed by atoms with E-state index in [1.807, 2.05) is 13.8 Å². The Morgan fingerprint density at radius 2 is 2.17 bits per heavy atom. The number of aliphatic hydroxyl groups excluding tert-OH is 1. The van der Waals surface area contributed by atoms with E-state index in [9.17, 15) is 20.0 Å². The van der Waals surface area contributed by atoms with E-state index in [1.54, 1.807) is 17.8 Å². The molecule has 1 heterocycles. The minimum Gasteiger partial charge on any atom is -0.394 e. The molecule has 0 amide bonds. The van der Waals surface area contributed by atoms with E-state index in [2.05, 4.69) is 10.3 Å². The lowest BCUT2D eigenvalue weighted by atomic mass is 10.0. The summed E-state index contributed by atoms with van der Waals surface area (Å²) >= 11 is 0. The van der Waals surface area contributed by atoms with Crippen LogP contribution in [0.2, 0.25) is 0 Å². The van der Waals surface area contributed by atoms with E-state index in [4.69, 9.17) is 0 Å². The smallest absolute Gasteiger partial charge is 0.293 e. The fourth-order valence-electron chi connectivity index (χ4n) is 2.28. The highest BCUT2D eigenvalue weighted by Gasteiger charge is 2.22. The van der Waals surface area contributed by atoms with Crippen LogP contribution in [0.5, 0.6) is 0 Å². The number of nitro groups is 1. The molecule has 1 aromatic heterocycles. The molecule has 24 heavy (non-hydrogen) atoms. The van der Waals surface area contributed by atoms with Gasteiger partial charge >= 0.3 is 0 Å². The van der Waals surface area contributed by atoms with Gasteiger partial charge in [0.05, 0.1) is 17.6 Å². The molecular formula is C16H20N4O4. The Bertz CT molecular complexity index is 754. The molecule has 0 saturated carbocycles. The number of carbonyl (C=O) groups excluding carboxylic acids is 1. The van der Waals surface area contributed by atoms with Crippen LogP contribution in [0.15, 0.2) is 30.6 Å². The second-order valence-electron chi connectivity index (χ2n) is 5.86. The molecule has 0 bridgehead atoms. The third-order valence-corrected chi connectivity index (χ3v) is 3.82. The van der Waals surface area contributed by atoms with Crippen molar-refractivity contribution in [3.63, 3.8) is 0 Å². The van der Waals surface area contributed by atoms with E-state index >= 15 is 0 Å². The Kier molecular flexibility index (Phi) is 5.30. The van der Waals surface area contributed by atoms with Crippen molar-refractivity contribution in [1.29, 1.82) is 0 Å². The highest BCUT2D eigenvalue weighted by atomic mass is 16.6. The van der Waals surface area contributed by atoms with Crippen LogP contribution in [-0.4, -0.2) is 38.0 Å². The standard InChI is InChI=1S/C16H20N4O4/c1-10(2)13(9-21)18-12-5-4-11(8-14(12)20(23)24)15(22)16-17-6-7-19(16)3/h4-8,10,13,18,21H,9H2,1-3H3/t13-/m1/s1. The number of benzene rings is 1. The fourth-order valence-corrected chi connectivity index (χ4v) is 2.28. The molecule has 2 N–H and O–H groups in total. The number of carbonyl (C=O) groups is 1. The number of aromatic nitrogens is 2. The quantitative estimate of drug-likeness (QED) is 0.456. The molecule has 0 unspecified atom stereocenters. The van der Waals surface area contributed by atoms with Crippen LogP contribution >= 0.6 is 0 Å². The first kappa shape index (κ1) is 17.6. The summed E-state index contributed by atoms with van der Waals surface area (Å²) in [6, 6.07) is 3.91. The van der Waals surface area contributed by atoms with Gasteiger partial charge in [-0.2, -0.15) is 0 Å². The van der Waals surface area contributed by atoms with Gasteiger partial charge in [0.1, 0.15) is 5.69 Å².